The first-order valence-corrected chi connectivity index (χ1v) is 15.3. The summed E-state index contributed by atoms with van der Waals surface area (Å²) in [7, 11) is 0. The van der Waals surface area contributed by atoms with Gasteiger partial charge in [-0.15, -0.1) is 11.3 Å². The van der Waals surface area contributed by atoms with Gasteiger partial charge in [-0.05, 0) is 39.8 Å². The average Bonchev–Trinajstić information content (AvgIpc) is 3.38. The number of aromatic nitrogens is 4. The summed E-state index contributed by atoms with van der Waals surface area (Å²) in [6.45, 7) is 9.88. The molecule has 232 valence electrons. The second-order valence-electron chi connectivity index (χ2n) is 10.2. The van der Waals surface area contributed by atoms with Crippen LogP contribution in [0.25, 0.3) is 16.9 Å². The van der Waals surface area contributed by atoms with Gasteiger partial charge in [0.15, 0.2) is 0 Å². The summed E-state index contributed by atoms with van der Waals surface area (Å²) >= 11 is 14.8. The molecule has 0 aliphatic rings. The molecule has 4 aromatic rings. The number of ether oxygens (including phenoxy) is 2. The number of benzene rings is 2. The predicted molar refractivity (Wildman–Crippen MR) is 169 cm³/mol. The van der Waals surface area contributed by atoms with E-state index in [2.05, 4.69) is 10.1 Å². The molecule has 1 unspecified atom stereocenters. The van der Waals surface area contributed by atoms with Crippen LogP contribution >= 0.6 is 34.5 Å². The van der Waals surface area contributed by atoms with Crippen LogP contribution in [0.15, 0.2) is 58.3 Å². The van der Waals surface area contributed by atoms with E-state index in [-0.39, 0.29) is 22.2 Å². The van der Waals surface area contributed by atoms with E-state index in [1.54, 1.807) is 0 Å². The maximum absolute atomic E-state index is 13.0. The monoisotopic (exact) mass is 659 g/mol. The molecule has 44 heavy (non-hydrogen) atoms. The van der Waals surface area contributed by atoms with Gasteiger partial charge in [-0.2, -0.15) is 9.78 Å². The molecule has 0 aliphatic carbocycles. The highest BCUT2D eigenvalue weighted by molar-refractivity contribution is 7.12. The van der Waals surface area contributed by atoms with Crippen LogP contribution in [0.2, 0.25) is 10.0 Å². The predicted octanol–water partition coefficient (Wildman–Crippen LogP) is 5.59. The van der Waals surface area contributed by atoms with Crippen LogP contribution in [0.1, 0.15) is 50.1 Å². The summed E-state index contributed by atoms with van der Waals surface area (Å²) in [5.41, 5.74) is -0.0155. The van der Waals surface area contributed by atoms with Gasteiger partial charge in [0.25, 0.3) is 5.56 Å². The smallest absolute Gasteiger partial charge is 0.412 e. The minimum absolute atomic E-state index is 0.119. The molecule has 2 aromatic carbocycles. The quantitative estimate of drug-likeness (QED) is 0.172. The number of amides is 1. The molecule has 4 rings (SSSR count). The Morgan fingerprint density at radius 1 is 1.07 bits per heavy atom. The second kappa shape index (κ2) is 13.7. The Kier molecular flexibility index (Phi) is 10.3. The summed E-state index contributed by atoms with van der Waals surface area (Å²) in [5.74, 6) is -0.589. The molecule has 0 radical (unpaired) electrons. The molecule has 0 fully saturated rings. The summed E-state index contributed by atoms with van der Waals surface area (Å²) in [6, 6.07) is 12.5. The van der Waals surface area contributed by atoms with Crippen molar-refractivity contribution in [3.8, 4) is 16.9 Å². The van der Waals surface area contributed by atoms with Crippen LogP contribution in [0.4, 0.5) is 4.79 Å². The van der Waals surface area contributed by atoms with Gasteiger partial charge in [-0.3, -0.25) is 14.6 Å². The highest BCUT2D eigenvalue weighted by atomic mass is 35.5. The molecule has 0 spiro atoms. The Morgan fingerprint density at radius 3 is 2.30 bits per heavy atom. The lowest BCUT2D eigenvalue weighted by Crippen LogP contribution is -2.34. The first-order chi connectivity index (χ1) is 20.8. The number of nitrogens with zero attached hydrogens (tertiary/aromatic N) is 4. The average molecular weight is 661 g/mol. The highest BCUT2D eigenvalue weighted by Crippen LogP contribution is 2.44. The van der Waals surface area contributed by atoms with E-state index in [1.165, 1.54) is 35.3 Å². The highest BCUT2D eigenvalue weighted by Gasteiger charge is 2.34. The van der Waals surface area contributed by atoms with Gasteiger partial charge in [-0.25, -0.2) is 14.6 Å². The van der Waals surface area contributed by atoms with Gasteiger partial charge >= 0.3 is 17.8 Å². The molecular weight excluding hydrogens is 629 g/mol. The Hall–Kier alpha value is -4.00. The molecule has 1 atom stereocenters. The van der Waals surface area contributed by atoms with Crippen molar-refractivity contribution in [1.29, 1.82) is 0 Å². The number of carbonyl (C=O) groups excluding carboxylic acids is 2. The third kappa shape index (κ3) is 7.20. The summed E-state index contributed by atoms with van der Waals surface area (Å²) < 4.78 is 11.7. The molecule has 0 saturated heterocycles. The van der Waals surface area contributed by atoms with Crippen LogP contribution in [0.5, 0.6) is 0 Å². The zero-order valence-corrected chi connectivity index (χ0v) is 27.0. The van der Waals surface area contributed by atoms with E-state index in [0.29, 0.717) is 34.2 Å². The molecule has 11 nitrogen and oxygen atoms in total. The van der Waals surface area contributed by atoms with E-state index in [0.717, 1.165) is 16.4 Å². The molecular formula is C30H31Cl2N5O6S. The van der Waals surface area contributed by atoms with Crippen molar-refractivity contribution in [2.24, 2.45) is 0 Å². The third-order valence-corrected chi connectivity index (χ3v) is 8.75. The number of halogens is 2. The van der Waals surface area contributed by atoms with Crippen LogP contribution in [0.3, 0.4) is 0 Å². The molecule has 2 heterocycles. The van der Waals surface area contributed by atoms with Gasteiger partial charge in [-0.1, -0.05) is 53.5 Å². The van der Waals surface area contributed by atoms with E-state index >= 15 is 0 Å². The maximum atomic E-state index is 13.0. The topological polar surface area (TPSA) is 136 Å². The van der Waals surface area contributed by atoms with Crippen LogP contribution in [0, 0.1) is 0 Å². The van der Waals surface area contributed by atoms with E-state index < -0.39 is 35.0 Å². The SMILES string of the molecule is CCN(CC)C(=O)OC(C)OC(=O)Cc1sc(C(C)(C)c2c(Cl)cc(-n3ncc(=O)[nH]c3=O)cc2Cl)nc1-c1ccccc1. The van der Waals surface area contributed by atoms with Gasteiger partial charge < -0.3 is 14.4 Å². The summed E-state index contributed by atoms with van der Waals surface area (Å²) in [4.78, 5) is 58.2. The minimum atomic E-state index is -1.08. The number of thiazole rings is 1. The van der Waals surface area contributed by atoms with E-state index in [4.69, 9.17) is 37.7 Å². The normalized spacial score (nSPS) is 12.1. The molecule has 2 aromatic heterocycles. The standard InChI is InChI=1S/C30H31Cl2N5O6S/c1-6-36(7-2)29(41)43-17(3)42-24(39)15-22-26(18-11-9-8-10-12-18)35-27(44-22)30(4,5)25-20(31)13-19(14-21(25)32)37-28(40)34-23(38)16-33-37/h8-14,16-17H,6-7,15H2,1-5H3,(H,34,38,40). The second-order valence-corrected chi connectivity index (χ2v) is 12.1. The molecule has 1 N–H and O–H groups in total. The van der Waals surface area contributed by atoms with Crippen molar-refractivity contribution in [3.63, 3.8) is 0 Å². The fraction of sp³-hybridized carbons (Fsp3) is 0.333. The van der Waals surface area contributed by atoms with Crippen LogP contribution < -0.4 is 11.2 Å². The lowest BCUT2D eigenvalue weighted by molar-refractivity contribution is -0.165. The Labute approximate surface area is 267 Å². The van der Waals surface area contributed by atoms with E-state index in [1.807, 2.05) is 58.0 Å². The van der Waals surface area contributed by atoms with Crippen molar-refractivity contribution < 1.29 is 19.1 Å². The molecule has 0 aliphatic heterocycles. The molecule has 14 heteroatoms. The molecule has 1 amide bonds. The third-order valence-electron chi connectivity index (χ3n) is 6.78. The van der Waals surface area contributed by atoms with Crippen molar-refractivity contribution in [1.82, 2.24) is 24.6 Å². The first kappa shape index (κ1) is 32.9. The van der Waals surface area contributed by atoms with Gasteiger partial charge in [0.05, 0.1) is 17.8 Å². The number of hydrogen-bond donors (Lipinski definition) is 1. The largest absolute Gasteiger partial charge is 0.425 e. The van der Waals surface area contributed by atoms with Crippen molar-refractivity contribution in [2.75, 3.05) is 13.1 Å². The zero-order valence-electron chi connectivity index (χ0n) is 24.7. The first-order valence-electron chi connectivity index (χ1n) is 13.7. The Morgan fingerprint density at radius 2 is 1.70 bits per heavy atom. The van der Waals surface area contributed by atoms with Crippen LogP contribution in [-0.2, 0) is 26.1 Å². The van der Waals surface area contributed by atoms with Gasteiger partial charge in [0.1, 0.15) is 11.2 Å². The molecule has 0 saturated carbocycles. The van der Waals surface area contributed by atoms with Crippen molar-refractivity contribution in [3.05, 3.63) is 95.0 Å². The number of nitrogens with one attached hydrogen (secondary N) is 1. The summed E-state index contributed by atoms with van der Waals surface area (Å²) in [6.07, 6.45) is -0.792. The van der Waals surface area contributed by atoms with Gasteiger partial charge in [0, 0.05) is 51.5 Å². The van der Waals surface area contributed by atoms with Crippen molar-refractivity contribution in [2.45, 2.75) is 52.7 Å². The Bertz CT molecular complexity index is 1760. The molecule has 0 bridgehead atoms. The van der Waals surface area contributed by atoms with Gasteiger partial charge in [0.2, 0.25) is 6.29 Å². The minimum Gasteiger partial charge on any atom is -0.425 e. The van der Waals surface area contributed by atoms with E-state index in [9.17, 15) is 19.2 Å². The fourth-order valence-corrected chi connectivity index (χ4v) is 6.69. The van der Waals surface area contributed by atoms with Crippen LogP contribution in [-0.4, -0.2) is 56.1 Å². The summed E-state index contributed by atoms with van der Waals surface area (Å²) in [5, 5.41) is 4.99. The Balaban J connectivity index is 1.67. The number of hydrogen-bond acceptors (Lipinski definition) is 9. The fourth-order valence-electron chi connectivity index (χ4n) is 4.56. The lowest BCUT2D eigenvalue weighted by atomic mass is 9.85. The lowest BCUT2D eigenvalue weighted by Gasteiger charge is -2.26. The van der Waals surface area contributed by atoms with Crippen molar-refractivity contribution >= 4 is 46.6 Å². The number of aromatic amines is 1. The number of esters is 1. The maximum Gasteiger partial charge on any atom is 0.412 e. The number of carbonyl (C=O) groups is 2. The number of H-pyrrole nitrogens is 1. The number of rotatable bonds is 10. The zero-order chi connectivity index (χ0) is 32.2.